The second-order valence-electron chi connectivity index (χ2n) is 5.76. The van der Waals surface area contributed by atoms with Crippen LogP contribution in [0.4, 0.5) is 10.5 Å². The smallest absolute Gasteiger partial charge is 0.298 e. The van der Waals surface area contributed by atoms with Gasteiger partial charge in [-0.1, -0.05) is 18.2 Å². The number of thioether (sulfide) groups is 1. The lowest BCUT2D eigenvalue weighted by Crippen LogP contribution is -2.28. The summed E-state index contributed by atoms with van der Waals surface area (Å²) in [6, 6.07) is 10.7. The lowest BCUT2D eigenvalue weighted by atomic mass is 10.1. The highest BCUT2D eigenvalue weighted by atomic mass is 32.2. The number of ether oxygens (including phenoxy) is 3. The van der Waals surface area contributed by atoms with Crippen LogP contribution in [0, 0.1) is 6.92 Å². The minimum atomic E-state index is -0.354. The van der Waals surface area contributed by atoms with Crippen molar-refractivity contribution in [2.45, 2.75) is 6.92 Å². The molecule has 6 nitrogen and oxygen atoms in total. The van der Waals surface area contributed by atoms with Crippen molar-refractivity contribution in [2.24, 2.45) is 0 Å². The third kappa shape index (κ3) is 3.50. The predicted octanol–water partition coefficient (Wildman–Crippen LogP) is 4.26. The van der Waals surface area contributed by atoms with Gasteiger partial charge in [0.25, 0.3) is 11.1 Å². The molecule has 2 aromatic rings. The first-order valence-electron chi connectivity index (χ1n) is 8.13. The van der Waals surface area contributed by atoms with Crippen molar-refractivity contribution in [3.05, 3.63) is 52.4 Å². The Balaban J connectivity index is 2.00. The predicted molar refractivity (Wildman–Crippen MR) is 106 cm³/mol. The van der Waals surface area contributed by atoms with E-state index in [9.17, 15) is 9.59 Å². The number of hydrogen-bond acceptors (Lipinski definition) is 6. The zero-order valence-corrected chi connectivity index (χ0v) is 16.3. The Hall–Kier alpha value is -2.93. The highest BCUT2D eigenvalue weighted by Crippen LogP contribution is 2.41. The molecular weight excluding hydrogens is 366 g/mol. The van der Waals surface area contributed by atoms with Crippen molar-refractivity contribution in [3.8, 4) is 17.2 Å². The van der Waals surface area contributed by atoms with E-state index in [1.54, 1.807) is 30.3 Å². The van der Waals surface area contributed by atoms with Crippen molar-refractivity contribution in [2.75, 3.05) is 26.2 Å². The maximum Gasteiger partial charge on any atom is 0.298 e. The van der Waals surface area contributed by atoms with Crippen molar-refractivity contribution in [1.29, 1.82) is 0 Å². The summed E-state index contributed by atoms with van der Waals surface area (Å²) < 4.78 is 16.0. The SMILES string of the molecule is COc1cc(/C=C2\SC(=O)N(c3ccccc3C)C2=O)cc(OC)c1OC. The molecule has 3 rings (SSSR count). The molecule has 0 bridgehead atoms. The van der Waals surface area contributed by atoms with E-state index in [0.717, 1.165) is 17.3 Å². The van der Waals surface area contributed by atoms with Crippen LogP contribution >= 0.6 is 11.8 Å². The van der Waals surface area contributed by atoms with E-state index in [0.29, 0.717) is 33.4 Å². The number of carbonyl (C=O) groups is 2. The molecule has 0 N–H and O–H groups in total. The second kappa shape index (κ2) is 7.75. The number of aryl methyl sites for hydroxylation is 1. The van der Waals surface area contributed by atoms with Crippen LogP contribution in [0.5, 0.6) is 17.2 Å². The van der Waals surface area contributed by atoms with Crippen LogP contribution in [0.3, 0.4) is 0 Å². The highest BCUT2D eigenvalue weighted by molar-refractivity contribution is 8.19. The fourth-order valence-corrected chi connectivity index (χ4v) is 3.66. The molecule has 0 aliphatic carbocycles. The fraction of sp³-hybridized carbons (Fsp3) is 0.200. The molecule has 1 saturated heterocycles. The number of amides is 2. The molecule has 0 atom stereocenters. The molecule has 1 aliphatic heterocycles. The van der Waals surface area contributed by atoms with E-state index in [1.165, 1.54) is 26.2 Å². The Labute approximate surface area is 161 Å². The van der Waals surface area contributed by atoms with E-state index < -0.39 is 0 Å². The third-order valence-corrected chi connectivity index (χ3v) is 5.00. The number of benzene rings is 2. The maximum absolute atomic E-state index is 12.8. The maximum atomic E-state index is 12.8. The molecule has 0 spiro atoms. The third-order valence-electron chi connectivity index (χ3n) is 4.13. The van der Waals surface area contributed by atoms with Gasteiger partial charge in [0.05, 0.1) is 31.9 Å². The molecule has 1 fully saturated rings. The minimum absolute atomic E-state index is 0.326. The van der Waals surface area contributed by atoms with E-state index in [4.69, 9.17) is 14.2 Å². The fourth-order valence-electron chi connectivity index (χ4n) is 2.83. The number of para-hydroxylation sites is 1. The summed E-state index contributed by atoms with van der Waals surface area (Å²) in [5.74, 6) is 1.06. The van der Waals surface area contributed by atoms with E-state index in [2.05, 4.69) is 0 Å². The standard InChI is InChI=1S/C20H19NO5S/c1-12-7-5-6-8-14(12)21-19(22)17(27-20(21)23)11-13-9-15(24-2)18(26-4)16(10-13)25-3/h5-11H,1-4H3/b17-11-. The Morgan fingerprint density at radius 1 is 0.963 bits per heavy atom. The number of methoxy groups -OCH3 is 3. The van der Waals surface area contributed by atoms with Crippen LogP contribution in [-0.4, -0.2) is 32.5 Å². The lowest BCUT2D eigenvalue weighted by molar-refractivity contribution is -0.113. The largest absolute Gasteiger partial charge is 0.493 e. The van der Waals surface area contributed by atoms with Crippen molar-refractivity contribution < 1.29 is 23.8 Å². The summed E-state index contributed by atoms with van der Waals surface area (Å²) in [7, 11) is 4.56. The molecule has 2 amide bonds. The second-order valence-corrected chi connectivity index (χ2v) is 6.76. The molecule has 2 aromatic carbocycles. The van der Waals surface area contributed by atoms with E-state index >= 15 is 0 Å². The van der Waals surface area contributed by atoms with Gasteiger partial charge in [-0.05, 0) is 54.1 Å². The number of anilines is 1. The van der Waals surface area contributed by atoms with Gasteiger partial charge in [0.1, 0.15) is 0 Å². The highest BCUT2D eigenvalue weighted by Gasteiger charge is 2.37. The Morgan fingerprint density at radius 2 is 1.59 bits per heavy atom. The van der Waals surface area contributed by atoms with Gasteiger partial charge in [-0.2, -0.15) is 0 Å². The summed E-state index contributed by atoms with van der Waals surface area (Å²) in [4.78, 5) is 26.8. The Kier molecular flexibility index (Phi) is 5.41. The first-order valence-corrected chi connectivity index (χ1v) is 8.95. The zero-order chi connectivity index (χ0) is 19.6. The van der Waals surface area contributed by atoms with Crippen LogP contribution in [0.1, 0.15) is 11.1 Å². The molecule has 0 aromatic heterocycles. The molecule has 7 heteroatoms. The van der Waals surface area contributed by atoms with Gasteiger partial charge >= 0.3 is 0 Å². The van der Waals surface area contributed by atoms with E-state index in [-0.39, 0.29) is 11.1 Å². The average molecular weight is 385 g/mol. The summed E-state index contributed by atoms with van der Waals surface area (Å²) in [5, 5.41) is -0.326. The average Bonchev–Trinajstić information content (AvgIpc) is 2.94. The molecule has 0 unspecified atom stereocenters. The van der Waals surface area contributed by atoms with Crippen LogP contribution in [0.2, 0.25) is 0 Å². The quantitative estimate of drug-likeness (QED) is 0.717. The Morgan fingerprint density at radius 3 is 2.15 bits per heavy atom. The summed E-state index contributed by atoms with van der Waals surface area (Å²) in [5.41, 5.74) is 2.11. The van der Waals surface area contributed by atoms with Crippen LogP contribution < -0.4 is 19.1 Å². The van der Waals surface area contributed by atoms with Gasteiger partial charge in [-0.3, -0.25) is 9.59 Å². The van der Waals surface area contributed by atoms with Crippen LogP contribution in [0.25, 0.3) is 6.08 Å². The number of rotatable bonds is 5. The van der Waals surface area contributed by atoms with Gasteiger partial charge in [0.15, 0.2) is 11.5 Å². The van der Waals surface area contributed by atoms with Crippen molar-refractivity contribution in [3.63, 3.8) is 0 Å². The molecule has 0 radical (unpaired) electrons. The first-order chi connectivity index (χ1) is 13.0. The molecule has 27 heavy (non-hydrogen) atoms. The normalized spacial score (nSPS) is 15.4. The molecule has 140 valence electrons. The molecule has 1 heterocycles. The summed E-state index contributed by atoms with van der Waals surface area (Å²) in [6.07, 6.45) is 1.65. The van der Waals surface area contributed by atoms with Crippen molar-refractivity contribution >= 4 is 34.7 Å². The molecular formula is C20H19NO5S. The van der Waals surface area contributed by atoms with Gasteiger partial charge in [0.2, 0.25) is 5.75 Å². The summed E-state index contributed by atoms with van der Waals surface area (Å²) >= 11 is 0.903. The number of imide groups is 1. The number of hydrogen-bond donors (Lipinski definition) is 0. The Bertz CT molecular complexity index is 913. The van der Waals surface area contributed by atoms with Crippen LogP contribution in [-0.2, 0) is 4.79 Å². The lowest BCUT2D eigenvalue weighted by Gasteiger charge is -2.15. The van der Waals surface area contributed by atoms with Crippen molar-refractivity contribution in [1.82, 2.24) is 0 Å². The number of nitrogens with zero attached hydrogens (tertiary/aromatic N) is 1. The van der Waals surface area contributed by atoms with E-state index in [1.807, 2.05) is 19.1 Å². The minimum Gasteiger partial charge on any atom is -0.493 e. The first kappa shape index (κ1) is 18.8. The van der Waals surface area contributed by atoms with Gasteiger partial charge in [-0.25, -0.2) is 4.90 Å². The summed E-state index contributed by atoms with van der Waals surface area (Å²) in [6.45, 7) is 1.86. The van der Waals surface area contributed by atoms with Gasteiger partial charge in [0, 0.05) is 0 Å². The zero-order valence-electron chi connectivity index (χ0n) is 15.4. The topological polar surface area (TPSA) is 65.1 Å². The van der Waals surface area contributed by atoms with Gasteiger partial charge in [-0.15, -0.1) is 0 Å². The monoisotopic (exact) mass is 385 g/mol. The number of carbonyl (C=O) groups excluding carboxylic acids is 2. The van der Waals surface area contributed by atoms with Crippen LogP contribution in [0.15, 0.2) is 41.3 Å². The molecule has 0 saturated carbocycles. The molecule has 1 aliphatic rings. The van der Waals surface area contributed by atoms with Gasteiger partial charge < -0.3 is 14.2 Å².